The zero-order valence-electron chi connectivity index (χ0n) is 15.0. The normalized spacial score (nSPS) is 28.1. The van der Waals surface area contributed by atoms with Crippen molar-refractivity contribution in [3.05, 3.63) is 64.7 Å². The first-order valence-electron chi connectivity index (χ1n) is 9.29. The number of carbonyl (C=O) groups is 2. The van der Waals surface area contributed by atoms with Gasteiger partial charge in [-0.3, -0.25) is 9.59 Å². The van der Waals surface area contributed by atoms with E-state index >= 15 is 0 Å². The van der Waals surface area contributed by atoms with Gasteiger partial charge in [-0.05, 0) is 43.2 Å². The summed E-state index contributed by atoms with van der Waals surface area (Å²) in [7, 11) is 0. The summed E-state index contributed by atoms with van der Waals surface area (Å²) in [4.78, 5) is 28.0. The van der Waals surface area contributed by atoms with Crippen molar-refractivity contribution in [2.45, 2.75) is 25.4 Å². The van der Waals surface area contributed by atoms with Crippen LogP contribution in [0.4, 0.5) is 5.69 Å². The second-order valence-electron chi connectivity index (χ2n) is 7.49. The predicted octanol–water partition coefficient (Wildman–Crippen LogP) is 3.18. The van der Waals surface area contributed by atoms with Crippen molar-refractivity contribution in [2.24, 2.45) is 5.92 Å². The second-order valence-corrected chi connectivity index (χ2v) is 7.93. The highest BCUT2D eigenvalue weighted by Crippen LogP contribution is 2.48. The van der Waals surface area contributed by atoms with Crippen LogP contribution in [0.5, 0.6) is 0 Å². The number of imide groups is 1. The average molecular weight is 382 g/mol. The van der Waals surface area contributed by atoms with Crippen LogP contribution in [0.2, 0.25) is 5.02 Å². The molecule has 0 unspecified atom stereocenters. The van der Waals surface area contributed by atoms with E-state index in [1.165, 1.54) is 4.90 Å². The van der Waals surface area contributed by atoms with Crippen LogP contribution in [0, 0.1) is 12.8 Å². The summed E-state index contributed by atoms with van der Waals surface area (Å²) >= 11 is 6.06. The fraction of sp³-hybridized carbons (Fsp3) is 0.333. The molecule has 0 saturated carbocycles. The molecule has 3 fully saturated rings. The standard InChI is InChI=1S/C21H20ClN3O2/c1-13-3-9-16(10-4-13)25-20(26)17-18(14-5-7-15(22)8-6-14)23-11-2-12-24(23)19(17)21(25)27/h3-10,17-19H,2,11-12H2,1H3/t17-,18+,19-/m1/s1. The number of hydrazine groups is 1. The fourth-order valence-corrected chi connectivity index (χ4v) is 4.85. The van der Waals surface area contributed by atoms with Gasteiger partial charge in [0.25, 0.3) is 5.91 Å². The number of aryl methyl sites for hydroxylation is 1. The lowest BCUT2D eigenvalue weighted by atomic mass is 9.90. The van der Waals surface area contributed by atoms with E-state index in [0.717, 1.165) is 30.6 Å². The van der Waals surface area contributed by atoms with Crippen LogP contribution in [0.3, 0.4) is 0 Å². The van der Waals surface area contributed by atoms with E-state index in [2.05, 4.69) is 10.0 Å². The molecule has 3 heterocycles. The number of carbonyl (C=O) groups excluding carboxylic acids is 2. The molecule has 138 valence electrons. The molecule has 2 aromatic rings. The number of rotatable bonds is 2. The minimum absolute atomic E-state index is 0.108. The number of fused-ring (bicyclic) bond motifs is 3. The average Bonchev–Trinajstić information content (AvgIpc) is 3.30. The van der Waals surface area contributed by atoms with Crippen molar-refractivity contribution in [3.63, 3.8) is 0 Å². The molecule has 0 radical (unpaired) electrons. The Morgan fingerprint density at radius 2 is 1.48 bits per heavy atom. The zero-order chi connectivity index (χ0) is 18.7. The van der Waals surface area contributed by atoms with Gasteiger partial charge in [-0.25, -0.2) is 14.9 Å². The Labute approximate surface area is 163 Å². The Morgan fingerprint density at radius 3 is 2.15 bits per heavy atom. The third kappa shape index (κ3) is 2.46. The minimum Gasteiger partial charge on any atom is -0.274 e. The molecule has 3 aliphatic heterocycles. The van der Waals surface area contributed by atoms with Gasteiger partial charge < -0.3 is 0 Å². The molecule has 6 heteroatoms. The molecule has 5 nitrogen and oxygen atoms in total. The molecule has 2 aromatic carbocycles. The Balaban J connectivity index is 1.57. The molecule has 2 amide bonds. The summed E-state index contributed by atoms with van der Waals surface area (Å²) in [6, 6.07) is 14.7. The molecule has 3 aliphatic rings. The van der Waals surface area contributed by atoms with Gasteiger partial charge in [0.1, 0.15) is 6.04 Å². The SMILES string of the molecule is Cc1ccc(N2C(=O)[C@H]3[C@H](C2=O)N2CCCN2[C@H]3c2ccc(Cl)cc2)cc1. The lowest BCUT2D eigenvalue weighted by molar-refractivity contribution is -0.126. The van der Waals surface area contributed by atoms with Crippen LogP contribution in [0.1, 0.15) is 23.6 Å². The van der Waals surface area contributed by atoms with Gasteiger partial charge in [0.15, 0.2) is 0 Å². The van der Waals surface area contributed by atoms with Crippen LogP contribution in [0.15, 0.2) is 48.5 Å². The number of nitrogens with zero attached hydrogens (tertiary/aromatic N) is 3. The van der Waals surface area contributed by atoms with Gasteiger partial charge in [-0.15, -0.1) is 0 Å². The molecule has 0 aromatic heterocycles. The van der Waals surface area contributed by atoms with Crippen molar-refractivity contribution in [2.75, 3.05) is 18.0 Å². The maximum absolute atomic E-state index is 13.4. The highest BCUT2D eigenvalue weighted by Gasteiger charge is 2.62. The first kappa shape index (κ1) is 16.9. The van der Waals surface area contributed by atoms with Crippen molar-refractivity contribution < 1.29 is 9.59 Å². The van der Waals surface area contributed by atoms with Crippen LogP contribution in [-0.2, 0) is 9.59 Å². The Hall–Kier alpha value is -2.21. The molecule has 5 rings (SSSR count). The number of halogens is 1. The number of amides is 2. The number of anilines is 1. The molecule has 0 N–H and O–H groups in total. The van der Waals surface area contributed by atoms with Crippen LogP contribution >= 0.6 is 11.6 Å². The molecule has 27 heavy (non-hydrogen) atoms. The van der Waals surface area contributed by atoms with Crippen molar-refractivity contribution in [1.29, 1.82) is 0 Å². The molecule has 0 aliphatic carbocycles. The Kier molecular flexibility index (Phi) is 3.86. The van der Waals surface area contributed by atoms with Gasteiger partial charge >= 0.3 is 0 Å². The predicted molar refractivity (Wildman–Crippen MR) is 103 cm³/mol. The Morgan fingerprint density at radius 1 is 0.852 bits per heavy atom. The lowest BCUT2D eigenvalue weighted by Crippen LogP contribution is -2.44. The third-order valence-electron chi connectivity index (χ3n) is 5.91. The number of hydrogen-bond donors (Lipinski definition) is 0. The zero-order valence-corrected chi connectivity index (χ0v) is 15.8. The van der Waals surface area contributed by atoms with Gasteiger partial charge in [0.05, 0.1) is 17.6 Å². The molecule has 3 saturated heterocycles. The molecule has 0 bridgehead atoms. The molecular weight excluding hydrogens is 362 g/mol. The van der Waals surface area contributed by atoms with E-state index in [4.69, 9.17) is 11.6 Å². The van der Waals surface area contributed by atoms with E-state index < -0.39 is 6.04 Å². The van der Waals surface area contributed by atoms with Crippen molar-refractivity contribution >= 4 is 29.1 Å². The highest BCUT2D eigenvalue weighted by molar-refractivity contribution is 6.30. The Bertz CT molecular complexity index is 912. The largest absolute Gasteiger partial charge is 0.274 e. The third-order valence-corrected chi connectivity index (χ3v) is 6.16. The van der Waals surface area contributed by atoms with Crippen LogP contribution < -0.4 is 4.90 Å². The van der Waals surface area contributed by atoms with E-state index in [1.54, 1.807) is 0 Å². The fourth-order valence-electron chi connectivity index (χ4n) is 4.72. The summed E-state index contributed by atoms with van der Waals surface area (Å²) in [6.07, 6.45) is 0.999. The van der Waals surface area contributed by atoms with E-state index in [9.17, 15) is 9.59 Å². The van der Waals surface area contributed by atoms with E-state index in [0.29, 0.717) is 10.7 Å². The van der Waals surface area contributed by atoms with Gasteiger partial charge in [0, 0.05) is 18.1 Å². The lowest BCUT2D eigenvalue weighted by Gasteiger charge is -2.29. The van der Waals surface area contributed by atoms with Crippen molar-refractivity contribution in [3.8, 4) is 0 Å². The number of hydrogen-bond acceptors (Lipinski definition) is 4. The van der Waals surface area contributed by atoms with E-state index in [1.807, 2.05) is 55.5 Å². The van der Waals surface area contributed by atoms with Crippen molar-refractivity contribution in [1.82, 2.24) is 10.0 Å². The quantitative estimate of drug-likeness (QED) is 0.749. The van der Waals surface area contributed by atoms with E-state index in [-0.39, 0.29) is 23.8 Å². The minimum atomic E-state index is -0.415. The monoisotopic (exact) mass is 381 g/mol. The summed E-state index contributed by atoms with van der Waals surface area (Å²) < 4.78 is 0. The highest BCUT2D eigenvalue weighted by atomic mass is 35.5. The second kappa shape index (κ2) is 6.16. The summed E-state index contributed by atoms with van der Waals surface area (Å²) in [6.45, 7) is 3.67. The summed E-state index contributed by atoms with van der Waals surface area (Å²) in [5.74, 6) is -0.610. The summed E-state index contributed by atoms with van der Waals surface area (Å²) in [5, 5.41) is 4.99. The topological polar surface area (TPSA) is 43.9 Å². The van der Waals surface area contributed by atoms with Gasteiger partial charge in [0.2, 0.25) is 5.91 Å². The van der Waals surface area contributed by atoms with Gasteiger partial charge in [-0.1, -0.05) is 41.4 Å². The molecular formula is C21H20ClN3O2. The number of benzene rings is 2. The van der Waals surface area contributed by atoms with Crippen LogP contribution in [-0.4, -0.2) is 41.0 Å². The summed E-state index contributed by atoms with van der Waals surface area (Å²) in [5.41, 5.74) is 2.79. The molecule has 0 spiro atoms. The first-order chi connectivity index (χ1) is 13.1. The maximum Gasteiger partial charge on any atom is 0.253 e. The van der Waals surface area contributed by atoms with Gasteiger partial charge in [-0.2, -0.15) is 0 Å². The smallest absolute Gasteiger partial charge is 0.253 e. The maximum atomic E-state index is 13.4. The van der Waals surface area contributed by atoms with Crippen LogP contribution in [0.25, 0.3) is 0 Å². The molecule has 3 atom stereocenters. The first-order valence-corrected chi connectivity index (χ1v) is 9.67.